The van der Waals surface area contributed by atoms with Gasteiger partial charge in [0.2, 0.25) is 11.8 Å². The second kappa shape index (κ2) is 8.13. The maximum atomic E-state index is 12.5. The van der Waals surface area contributed by atoms with E-state index in [9.17, 15) is 9.59 Å². The number of aryl methyl sites for hydroxylation is 2. The van der Waals surface area contributed by atoms with Crippen LogP contribution in [0.3, 0.4) is 0 Å². The number of amides is 2. The Morgan fingerprint density at radius 2 is 2.15 bits per heavy atom. The summed E-state index contributed by atoms with van der Waals surface area (Å²) in [4.78, 5) is 30.9. The molecule has 5 nitrogen and oxygen atoms in total. The third kappa shape index (κ3) is 3.93. The molecule has 2 heterocycles. The van der Waals surface area contributed by atoms with Gasteiger partial charge < -0.3 is 10.2 Å². The average Bonchev–Trinajstić information content (AvgIpc) is 3.03. The van der Waals surface area contributed by atoms with Crippen LogP contribution in [0.25, 0.3) is 0 Å². The Morgan fingerprint density at radius 1 is 1.31 bits per heavy atom. The zero-order valence-electron chi connectivity index (χ0n) is 15.4. The Balaban J connectivity index is 1.62. The lowest BCUT2D eigenvalue weighted by Crippen LogP contribution is -2.34. The minimum atomic E-state index is -0.291. The molecule has 2 aromatic rings. The molecule has 1 aliphatic rings. The molecule has 5 heteroatoms. The first-order valence-corrected chi connectivity index (χ1v) is 9.15. The summed E-state index contributed by atoms with van der Waals surface area (Å²) in [6.07, 6.45) is 5.41. The second-order valence-corrected chi connectivity index (χ2v) is 6.74. The van der Waals surface area contributed by atoms with Crippen molar-refractivity contribution < 1.29 is 9.59 Å². The molecule has 1 aromatic heterocycles. The zero-order chi connectivity index (χ0) is 18.5. The van der Waals surface area contributed by atoms with E-state index in [-0.39, 0.29) is 24.2 Å². The summed E-state index contributed by atoms with van der Waals surface area (Å²) in [5.74, 6) is -0.307. The van der Waals surface area contributed by atoms with Gasteiger partial charge in [-0.25, -0.2) is 0 Å². The quantitative estimate of drug-likeness (QED) is 0.870. The third-order valence-corrected chi connectivity index (χ3v) is 4.90. The van der Waals surface area contributed by atoms with Gasteiger partial charge in [-0.2, -0.15) is 0 Å². The van der Waals surface area contributed by atoms with Gasteiger partial charge in [0.25, 0.3) is 0 Å². The molecule has 0 bridgehead atoms. The highest BCUT2D eigenvalue weighted by molar-refractivity contribution is 6.01. The van der Waals surface area contributed by atoms with Crippen LogP contribution >= 0.6 is 0 Å². The van der Waals surface area contributed by atoms with Gasteiger partial charge in [-0.15, -0.1) is 0 Å². The van der Waals surface area contributed by atoms with Gasteiger partial charge in [0, 0.05) is 37.6 Å². The van der Waals surface area contributed by atoms with Gasteiger partial charge in [0.1, 0.15) is 0 Å². The Bertz CT molecular complexity index is 789. The molecular weight excluding hydrogens is 326 g/mol. The molecule has 1 fully saturated rings. The lowest BCUT2D eigenvalue weighted by atomic mass is 10.0. The molecule has 1 aromatic carbocycles. The Labute approximate surface area is 154 Å². The smallest absolute Gasteiger partial charge is 0.227 e. The van der Waals surface area contributed by atoms with E-state index in [0.29, 0.717) is 13.1 Å². The molecule has 136 valence electrons. The predicted molar refractivity (Wildman–Crippen MR) is 102 cm³/mol. The summed E-state index contributed by atoms with van der Waals surface area (Å²) < 4.78 is 0. The van der Waals surface area contributed by atoms with Crippen LogP contribution in [-0.2, 0) is 22.4 Å². The molecule has 0 aliphatic carbocycles. The number of rotatable bonds is 6. The van der Waals surface area contributed by atoms with E-state index < -0.39 is 0 Å². The number of anilines is 1. The summed E-state index contributed by atoms with van der Waals surface area (Å²) >= 11 is 0. The van der Waals surface area contributed by atoms with Crippen molar-refractivity contribution in [1.29, 1.82) is 0 Å². The molecule has 1 saturated heterocycles. The van der Waals surface area contributed by atoms with Gasteiger partial charge >= 0.3 is 0 Å². The highest BCUT2D eigenvalue weighted by atomic mass is 16.2. The van der Waals surface area contributed by atoms with Crippen LogP contribution in [0.15, 0.2) is 42.7 Å². The molecule has 26 heavy (non-hydrogen) atoms. The molecular formula is C21H25N3O2. The minimum absolute atomic E-state index is 0.0291. The minimum Gasteiger partial charge on any atom is -0.355 e. The number of nitrogens with one attached hydrogen (secondary N) is 1. The summed E-state index contributed by atoms with van der Waals surface area (Å²) in [5.41, 5.74) is 4.29. The van der Waals surface area contributed by atoms with E-state index in [0.717, 1.165) is 35.2 Å². The van der Waals surface area contributed by atoms with Gasteiger partial charge in [-0.3, -0.25) is 14.6 Å². The number of carbonyl (C=O) groups is 2. The molecule has 0 spiro atoms. The Hall–Kier alpha value is -2.69. The number of nitrogens with zero attached hydrogens (tertiary/aromatic N) is 2. The number of carbonyl (C=O) groups excluding carboxylic acids is 2. The van der Waals surface area contributed by atoms with Crippen molar-refractivity contribution in [3.05, 3.63) is 59.4 Å². The second-order valence-electron chi connectivity index (χ2n) is 6.74. The molecule has 0 unspecified atom stereocenters. The van der Waals surface area contributed by atoms with Crippen molar-refractivity contribution in [3.63, 3.8) is 0 Å². The van der Waals surface area contributed by atoms with E-state index in [2.05, 4.69) is 23.3 Å². The van der Waals surface area contributed by atoms with Crippen LogP contribution in [-0.4, -0.2) is 29.9 Å². The van der Waals surface area contributed by atoms with E-state index in [1.54, 1.807) is 17.3 Å². The first kappa shape index (κ1) is 18.1. The molecule has 0 radical (unpaired) electrons. The lowest BCUT2D eigenvalue weighted by molar-refractivity contribution is -0.126. The first-order valence-electron chi connectivity index (χ1n) is 9.15. The zero-order valence-corrected chi connectivity index (χ0v) is 15.4. The Kier molecular flexibility index (Phi) is 5.66. The number of pyridine rings is 1. The third-order valence-electron chi connectivity index (χ3n) is 4.90. The van der Waals surface area contributed by atoms with Crippen molar-refractivity contribution in [3.8, 4) is 0 Å². The molecule has 2 amide bonds. The molecule has 0 saturated carbocycles. The molecule has 1 N–H and O–H groups in total. The van der Waals surface area contributed by atoms with E-state index in [1.165, 1.54) is 0 Å². The topological polar surface area (TPSA) is 62.3 Å². The van der Waals surface area contributed by atoms with Gasteiger partial charge in [-0.1, -0.05) is 31.2 Å². The number of hydrogen-bond donors (Lipinski definition) is 1. The lowest BCUT2D eigenvalue weighted by Gasteiger charge is -2.22. The number of hydrogen-bond acceptors (Lipinski definition) is 3. The monoisotopic (exact) mass is 351 g/mol. The van der Waals surface area contributed by atoms with Crippen LogP contribution < -0.4 is 10.2 Å². The van der Waals surface area contributed by atoms with E-state index in [1.807, 2.05) is 31.2 Å². The van der Waals surface area contributed by atoms with Crippen LogP contribution in [0.5, 0.6) is 0 Å². The van der Waals surface area contributed by atoms with E-state index >= 15 is 0 Å². The predicted octanol–water partition coefficient (Wildman–Crippen LogP) is 2.66. The van der Waals surface area contributed by atoms with Crippen molar-refractivity contribution in [2.45, 2.75) is 33.1 Å². The maximum Gasteiger partial charge on any atom is 0.227 e. The average molecular weight is 351 g/mol. The first-order chi connectivity index (χ1) is 12.6. The largest absolute Gasteiger partial charge is 0.355 e. The van der Waals surface area contributed by atoms with Crippen molar-refractivity contribution >= 4 is 17.5 Å². The molecule has 1 aliphatic heterocycles. The number of benzene rings is 1. The van der Waals surface area contributed by atoms with Crippen molar-refractivity contribution in [1.82, 2.24) is 10.3 Å². The summed E-state index contributed by atoms with van der Waals surface area (Å²) in [6, 6.07) is 9.96. The maximum absolute atomic E-state index is 12.5. The molecule has 1 atom stereocenters. The highest BCUT2D eigenvalue weighted by Gasteiger charge is 2.36. The van der Waals surface area contributed by atoms with Crippen LogP contribution in [0.4, 0.5) is 5.69 Å². The fourth-order valence-corrected chi connectivity index (χ4v) is 3.51. The highest BCUT2D eigenvalue weighted by Crippen LogP contribution is 2.31. The SMILES string of the molecule is CCc1cccc(C)c1N1C[C@H](C(=O)NCCc2cccnc2)CC1=O. The summed E-state index contributed by atoms with van der Waals surface area (Å²) in [5, 5.41) is 2.96. The fourth-order valence-electron chi connectivity index (χ4n) is 3.51. The number of para-hydroxylation sites is 1. The molecule has 3 rings (SSSR count). The van der Waals surface area contributed by atoms with Crippen LogP contribution in [0.1, 0.15) is 30.0 Å². The summed E-state index contributed by atoms with van der Waals surface area (Å²) in [6.45, 7) is 5.11. The van der Waals surface area contributed by atoms with Crippen molar-refractivity contribution in [2.75, 3.05) is 18.0 Å². The number of aromatic nitrogens is 1. The van der Waals surface area contributed by atoms with Gasteiger partial charge in [0.15, 0.2) is 0 Å². The Morgan fingerprint density at radius 3 is 2.88 bits per heavy atom. The fraction of sp³-hybridized carbons (Fsp3) is 0.381. The van der Waals surface area contributed by atoms with Crippen LogP contribution in [0, 0.1) is 12.8 Å². The van der Waals surface area contributed by atoms with Gasteiger partial charge in [0.05, 0.1) is 5.92 Å². The standard InChI is InChI=1S/C21H25N3O2/c1-3-17-8-4-6-15(2)20(17)24-14-18(12-19(24)25)21(26)23-11-9-16-7-5-10-22-13-16/h4-8,10,13,18H,3,9,11-12,14H2,1-2H3,(H,23,26)/t18-/m1/s1. The normalized spacial score (nSPS) is 16.8. The van der Waals surface area contributed by atoms with Crippen molar-refractivity contribution in [2.24, 2.45) is 5.92 Å². The summed E-state index contributed by atoms with van der Waals surface area (Å²) in [7, 11) is 0. The van der Waals surface area contributed by atoms with Gasteiger partial charge in [-0.05, 0) is 42.5 Å². The van der Waals surface area contributed by atoms with Crippen LogP contribution in [0.2, 0.25) is 0 Å². The van der Waals surface area contributed by atoms with E-state index in [4.69, 9.17) is 0 Å².